The number of carboxylic acid groups (broad SMARTS) is 1. The molecule has 1 spiro atoms. The van der Waals surface area contributed by atoms with E-state index in [1.807, 2.05) is 35.8 Å². The van der Waals surface area contributed by atoms with Gasteiger partial charge in [-0.25, -0.2) is 13.9 Å². The van der Waals surface area contributed by atoms with E-state index < -0.39 is 0 Å². The lowest BCUT2D eigenvalue weighted by molar-refractivity contribution is -0.122. The number of carbonyl (C=O) groups is 1. The Hall–Kier alpha value is -4.44. The van der Waals surface area contributed by atoms with Crippen LogP contribution in [0.15, 0.2) is 61.1 Å². The van der Waals surface area contributed by atoms with Gasteiger partial charge in [0.15, 0.2) is 5.82 Å². The van der Waals surface area contributed by atoms with Crippen LogP contribution in [0, 0.1) is 18.2 Å². The van der Waals surface area contributed by atoms with Gasteiger partial charge in [-0.05, 0) is 73.6 Å². The fourth-order valence-corrected chi connectivity index (χ4v) is 6.22. The molecule has 5 heterocycles. The zero-order chi connectivity index (χ0) is 27.1. The third kappa shape index (κ3) is 3.99. The van der Waals surface area contributed by atoms with Crippen molar-refractivity contribution >= 4 is 28.7 Å². The highest BCUT2D eigenvalue weighted by molar-refractivity contribution is 5.86. The molecule has 1 saturated heterocycles. The van der Waals surface area contributed by atoms with Gasteiger partial charge in [0, 0.05) is 48.2 Å². The van der Waals surface area contributed by atoms with Crippen molar-refractivity contribution in [1.82, 2.24) is 24.6 Å². The molecule has 2 aliphatic rings. The van der Waals surface area contributed by atoms with Crippen molar-refractivity contribution < 1.29 is 14.3 Å². The standard InChI is InChI=1S/C28H26FN7.CH2O2/c1-17-25(20-6-7-21-18(24(20)29)4-2-11-31-21)36-23(8-13-33-36)27(34-17)35-14-9-28(10-15-35)16-22-19(26(28)30)5-3-12-32-22;2-1-3/h2-8,11-13,26H,9-10,14-16,30H2,1H3;1H,(H,2,3)/t26-;/m1./s1. The number of aryl methyl sites for hydroxylation is 1. The van der Waals surface area contributed by atoms with E-state index in [9.17, 15) is 0 Å². The molecule has 5 aromatic rings. The third-order valence-corrected chi connectivity index (χ3v) is 8.17. The molecule has 1 aliphatic heterocycles. The smallest absolute Gasteiger partial charge is 0.290 e. The maximum atomic E-state index is 15.6. The Morgan fingerprint density at radius 3 is 2.59 bits per heavy atom. The molecule has 198 valence electrons. The Balaban J connectivity index is 0.000000883. The predicted octanol–water partition coefficient (Wildman–Crippen LogP) is 4.33. The normalized spacial score (nSPS) is 17.7. The van der Waals surface area contributed by atoms with Gasteiger partial charge in [-0.15, -0.1) is 0 Å². The van der Waals surface area contributed by atoms with E-state index in [1.54, 1.807) is 30.6 Å². The molecule has 7 rings (SSSR count). The highest BCUT2D eigenvalue weighted by Crippen LogP contribution is 2.50. The summed E-state index contributed by atoms with van der Waals surface area (Å²) < 4.78 is 17.4. The summed E-state index contributed by atoms with van der Waals surface area (Å²) in [5.74, 6) is 0.576. The Morgan fingerprint density at radius 2 is 1.82 bits per heavy atom. The van der Waals surface area contributed by atoms with Crippen LogP contribution >= 0.6 is 0 Å². The van der Waals surface area contributed by atoms with Crippen LogP contribution in [-0.4, -0.2) is 49.2 Å². The van der Waals surface area contributed by atoms with E-state index in [-0.39, 0.29) is 23.7 Å². The van der Waals surface area contributed by atoms with Gasteiger partial charge in [0.1, 0.15) is 11.3 Å². The lowest BCUT2D eigenvalue weighted by Gasteiger charge is -2.42. The summed E-state index contributed by atoms with van der Waals surface area (Å²) in [4.78, 5) is 24.6. The van der Waals surface area contributed by atoms with Crippen LogP contribution in [0.5, 0.6) is 0 Å². The number of aromatic nitrogens is 5. The van der Waals surface area contributed by atoms with E-state index in [2.05, 4.69) is 26.0 Å². The second-order valence-electron chi connectivity index (χ2n) is 10.1. The Bertz CT molecular complexity index is 1690. The molecular weight excluding hydrogens is 497 g/mol. The largest absolute Gasteiger partial charge is 0.483 e. The molecular formula is C29H28FN7O2. The Labute approximate surface area is 224 Å². The topological polar surface area (TPSA) is 123 Å². The van der Waals surface area contributed by atoms with Crippen molar-refractivity contribution in [1.29, 1.82) is 0 Å². The first-order valence-corrected chi connectivity index (χ1v) is 12.9. The summed E-state index contributed by atoms with van der Waals surface area (Å²) in [5, 5.41) is 12.0. The number of rotatable bonds is 2. The van der Waals surface area contributed by atoms with Gasteiger partial charge in [-0.3, -0.25) is 14.8 Å². The quantitative estimate of drug-likeness (QED) is 0.327. The number of nitrogens with zero attached hydrogens (tertiary/aromatic N) is 6. The average molecular weight is 526 g/mol. The van der Waals surface area contributed by atoms with Crippen molar-refractivity contribution in [3.8, 4) is 11.3 Å². The van der Waals surface area contributed by atoms with Crippen LogP contribution in [0.25, 0.3) is 27.7 Å². The van der Waals surface area contributed by atoms with Crippen molar-refractivity contribution in [2.45, 2.75) is 32.2 Å². The van der Waals surface area contributed by atoms with Gasteiger partial charge < -0.3 is 15.7 Å². The molecule has 4 aromatic heterocycles. The lowest BCUT2D eigenvalue weighted by atomic mass is 9.73. The Kier molecular flexibility index (Phi) is 6.19. The zero-order valence-electron chi connectivity index (χ0n) is 21.5. The molecule has 0 saturated carbocycles. The van der Waals surface area contributed by atoms with E-state index in [4.69, 9.17) is 20.6 Å². The summed E-state index contributed by atoms with van der Waals surface area (Å²) in [6.07, 6.45) is 8.16. The van der Waals surface area contributed by atoms with Crippen molar-refractivity contribution in [2.75, 3.05) is 18.0 Å². The molecule has 10 heteroatoms. The second kappa shape index (κ2) is 9.70. The van der Waals surface area contributed by atoms with E-state index in [0.29, 0.717) is 22.2 Å². The minimum atomic E-state index is -0.307. The number of nitrogens with two attached hydrogens (primary N) is 1. The van der Waals surface area contributed by atoms with E-state index in [0.717, 1.165) is 55.1 Å². The molecule has 9 nitrogen and oxygen atoms in total. The van der Waals surface area contributed by atoms with E-state index in [1.165, 1.54) is 5.56 Å². The maximum Gasteiger partial charge on any atom is 0.290 e. The predicted molar refractivity (Wildman–Crippen MR) is 146 cm³/mol. The molecule has 0 bridgehead atoms. The van der Waals surface area contributed by atoms with Crippen LogP contribution in [-0.2, 0) is 11.2 Å². The fourth-order valence-electron chi connectivity index (χ4n) is 6.22. The summed E-state index contributed by atoms with van der Waals surface area (Å²) in [6, 6.07) is 13.2. The molecule has 0 radical (unpaired) electrons. The van der Waals surface area contributed by atoms with Gasteiger partial charge in [0.2, 0.25) is 0 Å². The van der Waals surface area contributed by atoms with Crippen LogP contribution in [0.2, 0.25) is 0 Å². The number of anilines is 1. The second-order valence-corrected chi connectivity index (χ2v) is 10.1. The summed E-state index contributed by atoms with van der Waals surface area (Å²) in [7, 11) is 0. The van der Waals surface area contributed by atoms with Crippen LogP contribution in [0.1, 0.15) is 35.8 Å². The monoisotopic (exact) mass is 525 g/mol. The molecule has 39 heavy (non-hydrogen) atoms. The zero-order valence-corrected chi connectivity index (χ0v) is 21.5. The summed E-state index contributed by atoms with van der Waals surface area (Å²) in [5.41, 5.74) is 12.5. The number of pyridine rings is 2. The van der Waals surface area contributed by atoms with Crippen molar-refractivity contribution in [3.05, 3.63) is 83.8 Å². The van der Waals surface area contributed by atoms with Crippen LogP contribution in [0.4, 0.5) is 10.2 Å². The van der Waals surface area contributed by atoms with Gasteiger partial charge in [-0.1, -0.05) is 6.07 Å². The van der Waals surface area contributed by atoms with Crippen LogP contribution < -0.4 is 10.6 Å². The van der Waals surface area contributed by atoms with Gasteiger partial charge in [0.05, 0.1) is 23.1 Å². The highest BCUT2D eigenvalue weighted by atomic mass is 19.1. The first-order valence-electron chi connectivity index (χ1n) is 12.9. The molecule has 0 amide bonds. The van der Waals surface area contributed by atoms with Gasteiger partial charge in [0.25, 0.3) is 6.47 Å². The summed E-state index contributed by atoms with van der Waals surface area (Å²) in [6.45, 7) is 3.38. The third-order valence-electron chi connectivity index (χ3n) is 8.17. The highest BCUT2D eigenvalue weighted by Gasteiger charge is 2.46. The minimum absolute atomic E-state index is 0.0146. The van der Waals surface area contributed by atoms with Crippen molar-refractivity contribution in [2.24, 2.45) is 11.1 Å². The molecule has 1 aliphatic carbocycles. The maximum absolute atomic E-state index is 15.6. The SMILES string of the molecule is Cc1nc(N2CCC3(CC2)Cc2ncccc2[C@H]3N)c2ccnn2c1-c1ccc2ncccc2c1F.O=CO. The number of piperidine rings is 1. The number of halogens is 1. The minimum Gasteiger partial charge on any atom is -0.483 e. The fraction of sp³-hybridized carbons (Fsp3) is 0.276. The van der Waals surface area contributed by atoms with Crippen molar-refractivity contribution in [3.63, 3.8) is 0 Å². The number of hydrogen-bond donors (Lipinski definition) is 2. The Morgan fingerprint density at radius 1 is 1.08 bits per heavy atom. The molecule has 0 unspecified atom stereocenters. The van der Waals surface area contributed by atoms with Gasteiger partial charge in [-0.2, -0.15) is 5.10 Å². The molecule has 1 fully saturated rings. The average Bonchev–Trinajstić information content (AvgIpc) is 3.54. The molecule has 1 aromatic carbocycles. The number of benzene rings is 1. The molecule has 1 atom stereocenters. The van der Waals surface area contributed by atoms with Crippen LogP contribution in [0.3, 0.4) is 0 Å². The first-order chi connectivity index (χ1) is 19.0. The number of fused-ring (bicyclic) bond motifs is 3. The number of hydrogen-bond acceptors (Lipinski definition) is 7. The first kappa shape index (κ1) is 24.9. The van der Waals surface area contributed by atoms with E-state index >= 15 is 4.39 Å². The summed E-state index contributed by atoms with van der Waals surface area (Å²) >= 11 is 0. The lowest BCUT2D eigenvalue weighted by Crippen LogP contribution is -2.44. The van der Waals surface area contributed by atoms with Gasteiger partial charge >= 0.3 is 0 Å². The molecule has 3 N–H and O–H groups in total.